The monoisotopic (exact) mass is 301 g/mol. The summed E-state index contributed by atoms with van der Waals surface area (Å²) in [5.41, 5.74) is -2.61. The van der Waals surface area contributed by atoms with Crippen LogP contribution in [-0.2, 0) is 14.3 Å². The van der Waals surface area contributed by atoms with Crippen LogP contribution in [0.4, 0.5) is 4.79 Å². The Bertz CT molecular complexity index is 497. The van der Waals surface area contributed by atoms with Gasteiger partial charge in [0.25, 0.3) is 0 Å². The Kier molecular flexibility index (Phi) is 3.40. The van der Waals surface area contributed by atoms with E-state index < -0.39 is 53.0 Å². The maximum atomic E-state index is 11.8. The molecule has 1 amide bonds. The second-order valence-corrected chi connectivity index (χ2v) is 6.64. The minimum Gasteiger partial charge on any atom is -0.481 e. The molecule has 0 saturated heterocycles. The van der Waals surface area contributed by atoms with Gasteiger partial charge in [-0.2, -0.15) is 0 Å². The zero-order valence-corrected chi connectivity index (χ0v) is 12.0. The number of aliphatic hydroxyl groups is 1. The van der Waals surface area contributed by atoms with Gasteiger partial charge in [-0.15, -0.1) is 0 Å². The first-order valence-electron chi connectivity index (χ1n) is 6.65. The minimum absolute atomic E-state index is 0.222. The van der Waals surface area contributed by atoms with E-state index in [1.807, 2.05) is 0 Å². The molecule has 21 heavy (non-hydrogen) atoms. The number of carbonyl (C=O) groups excluding carboxylic acids is 1. The average molecular weight is 301 g/mol. The van der Waals surface area contributed by atoms with Gasteiger partial charge in [-0.1, -0.05) is 0 Å². The SMILES string of the molecule is CC(C)(C)OC(=O)NC1(C(=O)O)C[C@@H](O)C2C(C(=O)O)C21. The number of alkyl carbamates (subject to hydrolysis) is 1. The predicted molar refractivity (Wildman–Crippen MR) is 68.5 cm³/mol. The fourth-order valence-corrected chi connectivity index (χ4v) is 3.27. The first kappa shape index (κ1) is 15.6. The van der Waals surface area contributed by atoms with Gasteiger partial charge >= 0.3 is 18.0 Å². The van der Waals surface area contributed by atoms with Gasteiger partial charge in [-0.25, -0.2) is 9.59 Å². The van der Waals surface area contributed by atoms with Crippen LogP contribution in [0, 0.1) is 17.8 Å². The number of rotatable bonds is 3. The van der Waals surface area contributed by atoms with Crippen molar-refractivity contribution < 1.29 is 34.4 Å². The molecule has 2 saturated carbocycles. The van der Waals surface area contributed by atoms with Crippen molar-refractivity contribution in [3.05, 3.63) is 0 Å². The third kappa shape index (κ3) is 2.55. The maximum Gasteiger partial charge on any atom is 0.408 e. The summed E-state index contributed by atoms with van der Waals surface area (Å²) in [5, 5.41) is 30.7. The van der Waals surface area contributed by atoms with Crippen molar-refractivity contribution in [3.63, 3.8) is 0 Å². The molecule has 0 bridgehead atoms. The molecule has 0 heterocycles. The Morgan fingerprint density at radius 2 is 1.81 bits per heavy atom. The number of hydrogen-bond acceptors (Lipinski definition) is 5. The van der Waals surface area contributed by atoms with Gasteiger partial charge in [0.15, 0.2) is 0 Å². The molecule has 4 N–H and O–H groups in total. The zero-order valence-electron chi connectivity index (χ0n) is 12.0. The Balaban J connectivity index is 2.21. The smallest absolute Gasteiger partial charge is 0.408 e. The van der Waals surface area contributed by atoms with E-state index in [9.17, 15) is 24.6 Å². The summed E-state index contributed by atoms with van der Waals surface area (Å²) >= 11 is 0. The Hall–Kier alpha value is -1.83. The van der Waals surface area contributed by atoms with Gasteiger partial charge < -0.3 is 25.4 Å². The molecule has 0 aromatic heterocycles. The van der Waals surface area contributed by atoms with Gasteiger partial charge in [-0.3, -0.25) is 4.79 Å². The maximum absolute atomic E-state index is 11.8. The number of hydrogen-bond donors (Lipinski definition) is 4. The standard InChI is InChI=1S/C13H19NO7/c1-12(2,3)21-11(20)14-13(10(18)19)4-5(15)6-7(8(6)13)9(16)17/h5-8,15H,4H2,1-3H3,(H,14,20)(H,16,17)(H,18,19)/t5-,6?,7?,8?,13?/m1/s1. The largest absolute Gasteiger partial charge is 0.481 e. The molecule has 2 rings (SSSR count). The predicted octanol–water partition coefficient (Wildman–Crippen LogP) is 0.0459. The molecule has 2 aliphatic carbocycles. The molecule has 0 aliphatic heterocycles. The molecule has 2 aliphatic rings. The van der Waals surface area contributed by atoms with Gasteiger partial charge in [0, 0.05) is 18.3 Å². The van der Waals surface area contributed by atoms with E-state index in [1.54, 1.807) is 20.8 Å². The topological polar surface area (TPSA) is 133 Å². The summed E-state index contributed by atoms with van der Waals surface area (Å²) in [4.78, 5) is 34.5. The summed E-state index contributed by atoms with van der Waals surface area (Å²) in [6, 6.07) is 0. The van der Waals surface area contributed by atoms with E-state index in [1.165, 1.54) is 0 Å². The van der Waals surface area contributed by atoms with E-state index >= 15 is 0 Å². The van der Waals surface area contributed by atoms with Crippen LogP contribution in [0.1, 0.15) is 27.2 Å². The van der Waals surface area contributed by atoms with Gasteiger partial charge in [0.05, 0.1) is 12.0 Å². The van der Waals surface area contributed by atoms with Crippen molar-refractivity contribution in [1.82, 2.24) is 5.32 Å². The fraction of sp³-hybridized carbons (Fsp3) is 0.769. The lowest BCUT2D eigenvalue weighted by Crippen LogP contribution is -2.57. The zero-order chi connectivity index (χ0) is 16.2. The minimum atomic E-state index is -1.80. The number of amides is 1. The number of fused-ring (bicyclic) bond motifs is 1. The number of ether oxygens (including phenoxy) is 1. The first-order valence-corrected chi connectivity index (χ1v) is 6.65. The molecule has 0 radical (unpaired) electrons. The lowest BCUT2D eigenvalue weighted by molar-refractivity contribution is -0.147. The summed E-state index contributed by atoms with van der Waals surface area (Å²) in [7, 11) is 0. The second kappa shape index (κ2) is 4.59. The molecule has 5 atom stereocenters. The van der Waals surface area contributed by atoms with Crippen LogP contribution in [0.5, 0.6) is 0 Å². The third-order valence-corrected chi connectivity index (χ3v) is 4.01. The van der Waals surface area contributed by atoms with E-state index in [4.69, 9.17) is 9.84 Å². The van der Waals surface area contributed by atoms with Crippen LogP contribution >= 0.6 is 0 Å². The summed E-state index contributed by atoms with van der Waals surface area (Å²) in [6.07, 6.45) is -2.23. The summed E-state index contributed by atoms with van der Waals surface area (Å²) < 4.78 is 5.03. The first-order chi connectivity index (χ1) is 9.49. The van der Waals surface area contributed by atoms with Crippen molar-refractivity contribution in [2.75, 3.05) is 0 Å². The van der Waals surface area contributed by atoms with Crippen LogP contribution in [0.15, 0.2) is 0 Å². The number of carboxylic acid groups (broad SMARTS) is 2. The van der Waals surface area contributed by atoms with E-state index in [0.717, 1.165) is 0 Å². The number of carbonyl (C=O) groups is 3. The fourth-order valence-electron chi connectivity index (χ4n) is 3.27. The van der Waals surface area contributed by atoms with Crippen LogP contribution < -0.4 is 5.32 Å². The number of nitrogens with one attached hydrogen (secondary N) is 1. The highest BCUT2D eigenvalue weighted by Gasteiger charge is 2.75. The molecule has 118 valence electrons. The summed E-state index contributed by atoms with van der Waals surface area (Å²) in [5.74, 6) is -4.95. The van der Waals surface area contributed by atoms with Crippen LogP contribution in [-0.4, -0.2) is 50.6 Å². The van der Waals surface area contributed by atoms with E-state index in [0.29, 0.717) is 0 Å². The van der Waals surface area contributed by atoms with Gasteiger partial charge in [0.2, 0.25) is 0 Å². The van der Waals surface area contributed by atoms with Crippen molar-refractivity contribution in [1.29, 1.82) is 0 Å². The van der Waals surface area contributed by atoms with Crippen molar-refractivity contribution in [2.24, 2.45) is 17.8 Å². The average Bonchev–Trinajstić information content (AvgIpc) is 2.94. The molecular formula is C13H19NO7. The van der Waals surface area contributed by atoms with Crippen molar-refractivity contribution in [3.8, 4) is 0 Å². The van der Waals surface area contributed by atoms with Crippen LogP contribution in [0.3, 0.4) is 0 Å². The lowest BCUT2D eigenvalue weighted by atomic mass is 9.89. The van der Waals surface area contributed by atoms with Crippen LogP contribution in [0.2, 0.25) is 0 Å². The lowest BCUT2D eigenvalue weighted by Gasteiger charge is -2.30. The molecule has 2 fully saturated rings. The Morgan fingerprint density at radius 3 is 2.19 bits per heavy atom. The van der Waals surface area contributed by atoms with Crippen molar-refractivity contribution >= 4 is 18.0 Å². The molecule has 0 aromatic rings. The van der Waals surface area contributed by atoms with E-state index in [2.05, 4.69) is 5.32 Å². The molecule has 4 unspecified atom stereocenters. The van der Waals surface area contributed by atoms with Gasteiger partial charge in [-0.05, 0) is 20.8 Å². The molecule has 8 heteroatoms. The van der Waals surface area contributed by atoms with E-state index in [-0.39, 0.29) is 6.42 Å². The second-order valence-electron chi connectivity index (χ2n) is 6.64. The third-order valence-electron chi connectivity index (χ3n) is 4.01. The number of carboxylic acids is 2. The van der Waals surface area contributed by atoms with Crippen molar-refractivity contribution in [2.45, 2.75) is 44.4 Å². The quantitative estimate of drug-likeness (QED) is 0.578. The molecule has 0 aromatic carbocycles. The highest BCUT2D eigenvalue weighted by atomic mass is 16.6. The highest BCUT2D eigenvalue weighted by Crippen LogP contribution is 2.62. The molecular weight excluding hydrogens is 282 g/mol. The van der Waals surface area contributed by atoms with Gasteiger partial charge in [0.1, 0.15) is 11.1 Å². The normalized spacial score (nSPS) is 37.5. The highest BCUT2D eigenvalue weighted by molar-refractivity contribution is 5.89. The Morgan fingerprint density at radius 1 is 1.24 bits per heavy atom. The molecule has 8 nitrogen and oxygen atoms in total. The van der Waals surface area contributed by atoms with Crippen LogP contribution in [0.25, 0.3) is 0 Å². The number of aliphatic hydroxyl groups excluding tert-OH is 1. The summed E-state index contributed by atoms with van der Waals surface area (Å²) in [6.45, 7) is 4.89. The molecule has 0 spiro atoms. The number of aliphatic carboxylic acids is 2. The Labute approximate surface area is 121 Å².